The first-order valence-corrected chi connectivity index (χ1v) is 15.9. The summed E-state index contributed by atoms with van der Waals surface area (Å²) in [5, 5.41) is 27.8. The SMILES string of the molecule is CCOC(=O)[C@@H](NP(=O)(N[C@H](C(=O)OCC)C(C)C)OC[C@H]1O[C@@H](n2cnc3c(OC)nc(=O)[nH]c32)C(C)(O)C1O)C(C)C. The fourth-order valence-electron chi connectivity index (χ4n) is 4.68. The number of rotatable bonds is 15. The van der Waals surface area contributed by atoms with Crippen LogP contribution in [0.15, 0.2) is 11.1 Å². The van der Waals surface area contributed by atoms with Crippen LogP contribution in [0.5, 0.6) is 5.88 Å². The molecule has 18 heteroatoms. The van der Waals surface area contributed by atoms with Gasteiger partial charge in [0.05, 0.1) is 33.3 Å². The summed E-state index contributed by atoms with van der Waals surface area (Å²) in [6.45, 7) is 11.0. The Morgan fingerprint density at radius 2 is 1.68 bits per heavy atom. The molecular weight excluding hydrogens is 603 g/mol. The number of nitrogens with zero attached hydrogens (tertiary/aromatic N) is 3. The van der Waals surface area contributed by atoms with Crippen molar-refractivity contribution in [3.8, 4) is 5.88 Å². The second-order valence-corrected chi connectivity index (χ2v) is 13.0. The summed E-state index contributed by atoms with van der Waals surface area (Å²) in [5.74, 6) is -2.24. The number of aliphatic hydroxyl groups is 2. The number of ether oxygens (including phenoxy) is 4. The number of methoxy groups -OCH3 is 1. The van der Waals surface area contributed by atoms with Gasteiger partial charge in [0.15, 0.2) is 11.7 Å². The first-order chi connectivity index (χ1) is 20.6. The van der Waals surface area contributed by atoms with Gasteiger partial charge in [-0.3, -0.25) is 23.7 Å². The Morgan fingerprint density at radius 1 is 1.14 bits per heavy atom. The highest BCUT2D eigenvalue weighted by atomic mass is 31.2. The topological polar surface area (TPSA) is 225 Å². The van der Waals surface area contributed by atoms with Gasteiger partial charge < -0.3 is 33.7 Å². The Balaban J connectivity index is 1.93. The minimum Gasteiger partial charge on any atom is -0.479 e. The van der Waals surface area contributed by atoms with Crippen LogP contribution in [-0.2, 0) is 32.9 Å². The molecule has 3 heterocycles. The Labute approximate surface area is 254 Å². The van der Waals surface area contributed by atoms with Crippen molar-refractivity contribution >= 4 is 30.8 Å². The van der Waals surface area contributed by atoms with E-state index < -0.39 is 79.9 Å². The average Bonchev–Trinajstić information content (AvgIpc) is 3.46. The lowest BCUT2D eigenvalue weighted by atomic mass is 9.96. The molecule has 44 heavy (non-hydrogen) atoms. The monoisotopic (exact) mass is 646 g/mol. The van der Waals surface area contributed by atoms with Crippen LogP contribution < -0.4 is 20.6 Å². The molecule has 0 spiro atoms. The molecule has 0 radical (unpaired) electrons. The molecule has 3 rings (SSSR count). The van der Waals surface area contributed by atoms with Crippen LogP contribution in [0.4, 0.5) is 0 Å². The lowest BCUT2D eigenvalue weighted by molar-refractivity contribution is -0.146. The van der Waals surface area contributed by atoms with E-state index in [4.69, 9.17) is 23.5 Å². The molecule has 2 unspecified atom stereocenters. The number of aromatic amines is 1. The lowest BCUT2D eigenvalue weighted by Crippen LogP contribution is -2.49. The number of carbonyl (C=O) groups excluding carboxylic acids is 2. The van der Waals surface area contributed by atoms with Gasteiger partial charge >= 0.3 is 25.3 Å². The van der Waals surface area contributed by atoms with E-state index in [2.05, 4.69) is 25.1 Å². The van der Waals surface area contributed by atoms with Crippen molar-refractivity contribution < 1.29 is 47.8 Å². The van der Waals surface area contributed by atoms with E-state index >= 15 is 0 Å². The van der Waals surface area contributed by atoms with Crippen molar-refractivity contribution in [3.05, 3.63) is 16.8 Å². The molecule has 5 N–H and O–H groups in total. The Bertz CT molecular complexity index is 1370. The van der Waals surface area contributed by atoms with E-state index in [-0.39, 0.29) is 30.3 Å². The van der Waals surface area contributed by atoms with Crippen LogP contribution in [0.1, 0.15) is 54.7 Å². The molecule has 2 aromatic rings. The van der Waals surface area contributed by atoms with Crippen molar-refractivity contribution in [1.29, 1.82) is 0 Å². The highest BCUT2D eigenvalue weighted by Crippen LogP contribution is 2.45. The van der Waals surface area contributed by atoms with E-state index in [1.165, 1.54) is 24.9 Å². The number of carbonyl (C=O) groups is 2. The predicted molar refractivity (Wildman–Crippen MR) is 156 cm³/mol. The molecule has 0 saturated carbocycles. The Morgan fingerprint density at radius 3 is 2.16 bits per heavy atom. The fraction of sp³-hybridized carbons (Fsp3) is 0.731. The van der Waals surface area contributed by atoms with E-state index in [0.717, 1.165) is 0 Å². The number of nitrogens with one attached hydrogen (secondary N) is 3. The third kappa shape index (κ3) is 7.65. The summed E-state index contributed by atoms with van der Waals surface area (Å²) in [6, 6.07) is -2.21. The van der Waals surface area contributed by atoms with Crippen LogP contribution in [-0.4, -0.2) is 98.5 Å². The van der Waals surface area contributed by atoms with Crippen LogP contribution in [0.3, 0.4) is 0 Å². The molecule has 248 valence electrons. The minimum absolute atomic E-state index is 0.0544. The van der Waals surface area contributed by atoms with Gasteiger partial charge in [0, 0.05) is 0 Å². The van der Waals surface area contributed by atoms with Gasteiger partial charge in [-0.15, -0.1) is 0 Å². The molecular formula is C26H43N6O11P. The van der Waals surface area contributed by atoms with Crippen molar-refractivity contribution in [3.63, 3.8) is 0 Å². The van der Waals surface area contributed by atoms with Crippen molar-refractivity contribution in [2.75, 3.05) is 26.9 Å². The second kappa shape index (κ2) is 14.5. The molecule has 17 nitrogen and oxygen atoms in total. The molecule has 6 atom stereocenters. The number of esters is 2. The molecule has 1 saturated heterocycles. The zero-order chi connectivity index (χ0) is 33.0. The number of hydrogen-bond acceptors (Lipinski definition) is 13. The molecule has 1 aliphatic rings. The largest absolute Gasteiger partial charge is 0.479 e. The molecule has 1 fully saturated rings. The van der Waals surface area contributed by atoms with E-state index in [1.54, 1.807) is 41.5 Å². The second-order valence-electron chi connectivity index (χ2n) is 11.2. The van der Waals surface area contributed by atoms with Crippen LogP contribution in [0.2, 0.25) is 0 Å². The van der Waals surface area contributed by atoms with Crippen LogP contribution in [0.25, 0.3) is 11.2 Å². The van der Waals surface area contributed by atoms with Crippen LogP contribution >= 0.6 is 7.67 Å². The number of fused-ring (bicyclic) bond motifs is 1. The van der Waals surface area contributed by atoms with Crippen molar-refractivity contribution in [2.45, 2.75) is 84.6 Å². The van der Waals surface area contributed by atoms with E-state index in [1.807, 2.05) is 0 Å². The van der Waals surface area contributed by atoms with Gasteiger partial charge in [-0.05, 0) is 32.6 Å². The average molecular weight is 647 g/mol. The minimum atomic E-state index is -4.32. The number of imidazole rings is 1. The first-order valence-electron chi connectivity index (χ1n) is 14.3. The van der Waals surface area contributed by atoms with Gasteiger partial charge in [0.25, 0.3) is 0 Å². The smallest absolute Gasteiger partial charge is 0.349 e. The van der Waals surface area contributed by atoms with Crippen molar-refractivity contribution in [2.24, 2.45) is 11.8 Å². The maximum absolute atomic E-state index is 14.3. The Kier molecular flexibility index (Phi) is 11.7. The van der Waals surface area contributed by atoms with Gasteiger partial charge in [-0.1, -0.05) is 27.7 Å². The van der Waals surface area contributed by atoms with Gasteiger partial charge in [-0.2, -0.15) is 4.98 Å². The zero-order valence-electron chi connectivity index (χ0n) is 26.1. The maximum Gasteiger partial charge on any atom is 0.349 e. The first kappa shape index (κ1) is 35.6. The summed E-state index contributed by atoms with van der Waals surface area (Å²) in [7, 11) is -3.00. The highest BCUT2D eigenvalue weighted by Gasteiger charge is 2.54. The van der Waals surface area contributed by atoms with E-state index in [9.17, 15) is 29.2 Å². The van der Waals surface area contributed by atoms with Gasteiger partial charge in [0.1, 0.15) is 35.5 Å². The van der Waals surface area contributed by atoms with Crippen LogP contribution in [0, 0.1) is 11.8 Å². The third-order valence-electron chi connectivity index (χ3n) is 7.08. The quantitative estimate of drug-likeness (QED) is 0.132. The number of aliphatic hydroxyl groups excluding tert-OH is 1. The molecule has 1 aliphatic heterocycles. The Hall–Kier alpha value is -2.92. The molecule has 0 aromatic carbocycles. The summed E-state index contributed by atoms with van der Waals surface area (Å²) in [4.78, 5) is 48.0. The fourth-order valence-corrected chi connectivity index (χ4v) is 6.80. The standard InChI is InChI=1S/C26H43N6O11P/c1-9-40-22(34)16(13(3)4)30-44(38,31-17(14(5)6)23(35)41-10-2)42-11-15-19(33)26(7,37)24(43-15)32-12-27-18-20(32)28-25(36)29-21(18)39-8/h12-17,19,24,33,37H,9-11H2,1-8H3,(H,28,29,36)(H2,30,31,38)/t15-,16+,17+,19?,24-,26?/m1/s1. The summed E-state index contributed by atoms with van der Waals surface area (Å²) in [5.41, 5.74) is -2.42. The predicted octanol–water partition coefficient (Wildman–Crippen LogP) is 0.617. The number of hydrogen-bond donors (Lipinski definition) is 5. The summed E-state index contributed by atoms with van der Waals surface area (Å²) < 4.78 is 42.8. The number of aromatic nitrogens is 4. The molecule has 0 aliphatic carbocycles. The highest BCUT2D eigenvalue weighted by molar-refractivity contribution is 7.54. The summed E-state index contributed by atoms with van der Waals surface area (Å²) >= 11 is 0. The molecule has 0 bridgehead atoms. The molecule has 2 aromatic heterocycles. The third-order valence-corrected chi connectivity index (χ3v) is 8.83. The van der Waals surface area contributed by atoms with Crippen molar-refractivity contribution in [1.82, 2.24) is 29.7 Å². The van der Waals surface area contributed by atoms with Gasteiger partial charge in [0.2, 0.25) is 5.88 Å². The normalized spacial score (nSPS) is 23.7. The summed E-state index contributed by atoms with van der Waals surface area (Å²) in [6.07, 6.45) is -2.90. The lowest BCUT2D eigenvalue weighted by Gasteiger charge is -2.31. The van der Waals surface area contributed by atoms with E-state index in [0.29, 0.717) is 0 Å². The number of H-pyrrole nitrogens is 1. The van der Waals surface area contributed by atoms with Gasteiger partial charge in [-0.25, -0.2) is 20.0 Å². The maximum atomic E-state index is 14.3. The zero-order valence-corrected chi connectivity index (χ0v) is 27.0. The molecule has 0 amide bonds.